The van der Waals surface area contributed by atoms with E-state index in [4.69, 9.17) is 9.47 Å². The Kier molecular flexibility index (Phi) is 1.57. The van der Waals surface area contributed by atoms with E-state index in [1.165, 1.54) is 0 Å². The Morgan fingerprint density at radius 1 is 0.900 bits per heavy atom. The van der Waals surface area contributed by atoms with Crippen LogP contribution in [0.15, 0.2) is 24.3 Å². The molecule has 0 N–H and O–H groups in total. The summed E-state index contributed by atoms with van der Waals surface area (Å²) in [5.74, 6) is 0. The van der Waals surface area contributed by atoms with Gasteiger partial charge in [0.25, 0.3) is 0 Å². The van der Waals surface area contributed by atoms with Crippen molar-refractivity contribution in [1.82, 2.24) is 0 Å². The van der Waals surface area contributed by atoms with E-state index in [-0.39, 0.29) is 12.2 Å². The average molecular weight is 138 g/mol. The maximum absolute atomic E-state index is 5.35. The molecule has 0 saturated heterocycles. The van der Waals surface area contributed by atoms with Gasteiger partial charge in [0, 0.05) is 0 Å². The van der Waals surface area contributed by atoms with E-state index < -0.39 is 0 Å². The van der Waals surface area contributed by atoms with Crippen LogP contribution in [0.3, 0.4) is 0 Å². The molecule has 54 valence electrons. The predicted molar refractivity (Wildman–Crippen MR) is 37.8 cm³/mol. The van der Waals surface area contributed by atoms with Gasteiger partial charge in [-0.3, -0.25) is 0 Å². The van der Waals surface area contributed by atoms with Crippen LogP contribution in [-0.2, 0) is 9.47 Å². The molecule has 0 aliphatic carbocycles. The zero-order valence-electron chi connectivity index (χ0n) is 5.69. The van der Waals surface area contributed by atoms with Crippen LogP contribution in [0.1, 0.15) is 0 Å². The molecule has 2 aliphatic heterocycles. The van der Waals surface area contributed by atoms with E-state index in [0.717, 1.165) is 13.2 Å². The lowest BCUT2D eigenvalue weighted by atomic mass is 10.2. The molecular weight excluding hydrogens is 128 g/mol. The lowest BCUT2D eigenvalue weighted by Gasteiger charge is -2.13. The van der Waals surface area contributed by atoms with Crippen LogP contribution >= 0.6 is 0 Å². The number of rotatable bonds is 1. The smallest absolute Gasteiger partial charge is 0.106 e. The molecule has 2 atom stereocenters. The van der Waals surface area contributed by atoms with E-state index in [1.54, 1.807) is 0 Å². The van der Waals surface area contributed by atoms with Gasteiger partial charge in [0.2, 0.25) is 0 Å². The lowest BCUT2D eigenvalue weighted by molar-refractivity contribution is 0.00890. The van der Waals surface area contributed by atoms with Crippen molar-refractivity contribution < 1.29 is 9.47 Å². The number of hydrogen-bond donors (Lipinski definition) is 0. The fourth-order valence-electron chi connectivity index (χ4n) is 1.23. The molecule has 2 heteroatoms. The van der Waals surface area contributed by atoms with Crippen molar-refractivity contribution in [1.29, 1.82) is 0 Å². The molecule has 0 radical (unpaired) electrons. The molecule has 0 spiro atoms. The minimum atomic E-state index is 0.166. The van der Waals surface area contributed by atoms with Crippen LogP contribution < -0.4 is 0 Å². The Labute approximate surface area is 60.1 Å². The van der Waals surface area contributed by atoms with Crippen LogP contribution in [0.25, 0.3) is 0 Å². The van der Waals surface area contributed by atoms with E-state index in [1.807, 2.05) is 12.2 Å². The summed E-state index contributed by atoms with van der Waals surface area (Å²) in [5, 5.41) is 0. The summed E-state index contributed by atoms with van der Waals surface area (Å²) in [6.07, 6.45) is 8.50. The molecule has 0 aromatic heterocycles. The largest absolute Gasteiger partial charge is 0.367 e. The first-order valence-corrected chi connectivity index (χ1v) is 3.53. The van der Waals surface area contributed by atoms with E-state index in [2.05, 4.69) is 12.2 Å². The standard InChI is InChI=1S/C8H10O2/c1-3-7(9-5-1)8-4-2-6-10-8/h1-4,7-8H,5-6H2/t7-,8-/m1/s1. The Hall–Kier alpha value is -0.600. The van der Waals surface area contributed by atoms with Crippen LogP contribution in [-0.4, -0.2) is 25.4 Å². The van der Waals surface area contributed by atoms with Crippen molar-refractivity contribution in [3.63, 3.8) is 0 Å². The Morgan fingerprint density at radius 3 is 1.70 bits per heavy atom. The quantitative estimate of drug-likeness (QED) is 0.501. The zero-order valence-corrected chi connectivity index (χ0v) is 5.69. The topological polar surface area (TPSA) is 18.5 Å². The van der Waals surface area contributed by atoms with Gasteiger partial charge in [-0.1, -0.05) is 24.3 Å². The third-order valence-corrected chi connectivity index (χ3v) is 1.75. The highest BCUT2D eigenvalue weighted by Crippen LogP contribution is 2.15. The average Bonchev–Trinajstić information content (AvgIpc) is 2.59. The van der Waals surface area contributed by atoms with E-state index >= 15 is 0 Å². The second-order valence-corrected chi connectivity index (χ2v) is 2.45. The van der Waals surface area contributed by atoms with Crippen LogP contribution in [0.5, 0.6) is 0 Å². The third-order valence-electron chi connectivity index (χ3n) is 1.75. The molecule has 2 aliphatic rings. The van der Waals surface area contributed by atoms with E-state index in [0.29, 0.717) is 0 Å². The summed E-state index contributed by atoms with van der Waals surface area (Å²) >= 11 is 0. The number of ether oxygens (including phenoxy) is 2. The minimum absolute atomic E-state index is 0.166. The molecule has 2 heterocycles. The predicted octanol–water partition coefficient (Wildman–Crippen LogP) is 0.896. The molecule has 10 heavy (non-hydrogen) atoms. The third kappa shape index (κ3) is 1.00. The molecule has 0 unspecified atom stereocenters. The summed E-state index contributed by atoms with van der Waals surface area (Å²) in [7, 11) is 0. The molecule has 0 amide bonds. The maximum atomic E-state index is 5.35. The molecule has 0 saturated carbocycles. The highest BCUT2D eigenvalue weighted by molar-refractivity contribution is 5.08. The van der Waals surface area contributed by atoms with Gasteiger partial charge in [-0.2, -0.15) is 0 Å². The zero-order chi connectivity index (χ0) is 6.81. The molecule has 0 bridgehead atoms. The summed E-state index contributed by atoms with van der Waals surface area (Å²) in [5.41, 5.74) is 0. The van der Waals surface area contributed by atoms with Gasteiger partial charge in [0.05, 0.1) is 13.2 Å². The molecule has 0 aromatic rings. The highest BCUT2D eigenvalue weighted by atomic mass is 16.5. The summed E-state index contributed by atoms with van der Waals surface area (Å²) in [6.45, 7) is 1.47. The summed E-state index contributed by atoms with van der Waals surface area (Å²) in [4.78, 5) is 0. The Bertz CT molecular complexity index is 152. The van der Waals surface area contributed by atoms with Crippen molar-refractivity contribution >= 4 is 0 Å². The summed E-state index contributed by atoms with van der Waals surface area (Å²) < 4.78 is 10.7. The Balaban J connectivity index is 1.98. The monoisotopic (exact) mass is 138 g/mol. The highest BCUT2D eigenvalue weighted by Gasteiger charge is 2.22. The van der Waals surface area contributed by atoms with Crippen molar-refractivity contribution in [3.8, 4) is 0 Å². The lowest BCUT2D eigenvalue weighted by Crippen LogP contribution is -2.23. The molecular formula is C8H10O2. The normalized spacial score (nSPS) is 37.6. The first-order valence-electron chi connectivity index (χ1n) is 3.53. The van der Waals surface area contributed by atoms with Gasteiger partial charge in [-0.25, -0.2) is 0 Å². The van der Waals surface area contributed by atoms with Crippen LogP contribution in [0.4, 0.5) is 0 Å². The second-order valence-electron chi connectivity index (χ2n) is 2.45. The fourth-order valence-corrected chi connectivity index (χ4v) is 1.23. The first-order chi connectivity index (χ1) is 4.97. The molecule has 2 nitrogen and oxygen atoms in total. The minimum Gasteiger partial charge on any atom is -0.367 e. The Morgan fingerprint density at radius 2 is 1.40 bits per heavy atom. The number of hydrogen-bond acceptors (Lipinski definition) is 2. The van der Waals surface area contributed by atoms with Gasteiger partial charge in [0.15, 0.2) is 0 Å². The van der Waals surface area contributed by atoms with Crippen molar-refractivity contribution in [3.05, 3.63) is 24.3 Å². The second kappa shape index (κ2) is 2.56. The summed E-state index contributed by atoms with van der Waals surface area (Å²) in [6, 6.07) is 0. The first kappa shape index (κ1) is 6.13. The van der Waals surface area contributed by atoms with Crippen molar-refractivity contribution in [2.75, 3.05) is 13.2 Å². The van der Waals surface area contributed by atoms with Gasteiger partial charge < -0.3 is 9.47 Å². The van der Waals surface area contributed by atoms with Gasteiger partial charge in [0.1, 0.15) is 12.2 Å². The van der Waals surface area contributed by atoms with Gasteiger partial charge in [-0.05, 0) is 0 Å². The SMILES string of the molecule is C1=C[C@H]([C@H]2C=CCO2)OC1. The molecule has 0 fully saturated rings. The van der Waals surface area contributed by atoms with Gasteiger partial charge in [-0.15, -0.1) is 0 Å². The van der Waals surface area contributed by atoms with Crippen LogP contribution in [0.2, 0.25) is 0 Å². The van der Waals surface area contributed by atoms with Gasteiger partial charge >= 0.3 is 0 Å². The maximum Gasteiger partial charge on any atom is 0.106 e. The molecule has 0 aromatic carbocycles. The van der Waals surface area contributed by atoms with Crippen molar-refractivity contribution in [2.45, 2.75) is 12.2 Å². The molecule has 2 rings (SSSR count). The van der Waals surface area contributed by atoms with Crippen molar-refractivity contribution in [2.24, 2.45) is 0 Å². The fraction of sp³-hybridized carbons (Fsp3) is 0.500. The van der Waals surface area contributed by atoms with Crippen LogP contribution in [0, 0.1) is 0 Å². The van der Waals surface area contributed by atoms with E-state index in [9.17, 15) is 0 Å².